The van der Waals surface area contributed by atoms with E-state index in [9.17, 15) is 9.59 Å². The normalized spacial score (nSPS) is 11.4. The van der Waals surface area contributed by atoms with Crippen LogP contribution < -0.4 is 14.8 Å². The van der Waals surface area contributed by atoms with E-state index in [4.69, 9.17) is 9.47 Å². The standard InChI is InChI=1S/C23H30N2O4/c1-5-19(23(27)24-6-2)25(15-18-11-9-10-17(3)14-18)22(26)16-29-21-13-8-7-12-20(21)28-4/h7-14,19H,5-6,15-16H2,1-4H3,(H,24,27)/t19-/m0/s1. The third kappa shape index (κ3) is 6.24. The van der Waals surface area contributed by atoms with E-state index < -0.39 is 6.04 Å². The molecule has 29 heavy (non-hydrogen) atoms. The molecule has 156 valence electrons. The fourth-order valence-corrected chi connectivity index (χ4v) is 3.18. The molecule has 0 aliphatic rings. The molecule has 2 aromatic rings. The van der Waals surface area contributed by atoms with E-state index in [-0.39, 0.29) is 18.4 Å². The Morgan fingerprint density at radius 1 is 1.07 bits per heavy atom. The molecule has 0 spiro atoms. The first-order valence-electron chi connectivity index (χ1n) is 9.88. The van der Waals surface area contributed by atoms with Crippen molar-refractivity contribution in [2.24, 2.45) is 0 Å². The number of ether oxygens (including phenoxy) is 2. The number of benzene rings is 2. The molecule has 0 aliphatic carbocycles. The fourth-order valence-electron chi connectivity index (χ4n) is 3.18. The van der Waals surface area contributed by atoms with Crippen molar-refractivity contribution in [1.29, 1.82) is 0 Å². The molecule has 2 rings (SSSR count). The number of amides is 2. The molecule has 1 N–H and O–H groups in total. The van der Waals surface area contributed by atoms with Crippen LogP contribution in [0.25, 0.3) is 0 Å². The zero-order valence-electron chi connectivity index (χ0n) is 17.6. The van der Waals surface area contributed by atoms with Gasteiger partial charge in [0.1, 0.15) is 6.04 Å². The number of hydrogen-bond donors (Lipinski definition) is 1. The third-order valence-corrected chi connectivity index (χ3v) is 4.59. The molecule has 0 radical (unpaired) electrons. The maximum absolute atomic E-state index is 13.1. The number of nitrogens with zero attached hydrogens (tertiary/aromatic N) is 1. The number of aryl methyl sites for hydroxylation is 1. The molecule has 0 heterocycles. The van der Waals surface area contributed by atoms with E-state index in [1.165, 1.54) is 0 Å². The predicted molar refractivity (Wildman–Crippen MR) is 113 cm³/mol. The Bertz CT molecular complexity index is 822. The Balaban J connectivity index is 2.22. The van der Waals surface area contributed by atoms with Crippen molar-refractivity contribution < 1.29 is 19.1 Å². The molecule has 1 atom stereocenters. The second-order valence-corrected chi connectivity index (χ2v) is 6.77. The van der Waals surface area contributed by atoms with Gasteiger partial charge in [0.05, 0.1) is 7.11 Å². The van der Waals surface area contributed by atoms with Gasteiger partial charge in [-0.15, -0.1) is 0 Å². The SMILES string of the molecule is CCNC(=O)[C@H](CC)N(Cc1cccc(C)c1)C(=O)COc1ccccc1OC. The molecular formula is C23H30N2O4. The maximum Gasteiger partial charge on any atom is 0.261 e. The highest BCUT2D eigenvalue weighted by molar-refractivity contribution is 5.88. The van der Waals surface area contributed by atoms with Crippen molar-refractivity contribution in [2.45, 2.75) is 39.8 Å². The quantitative estimate of drug-likeness (QED) is 0.667. The van der Waals surface area contributed by atoms with Crippen LogP contribution in [0.2, 0.25) is 0 Å². The van der Waals surface area contributed by atoms with Crippen molar-refractivity contribution in [3.05, 3.63) is 59.7 Å². The molecular weight excluding hydrogens is 368 g/mol. The first-order valence-corrected chi connectivity index (χ1v) is 9.88. The van der Waals surface area contributed by atoms with Crippen LogP contribution in [0.15, 0.2) is 48.5 Å². The lowest BCUT2D eigenvalue weighted by Gasteiger charge is -2.30. The van der Waals surface area contributed by atoms with Crippen LogP contribution in [-0.4, -0.2) is 43.0 Å². The number of methoxy groups -OCH3 is 1. The summed E-state index contributed by atoms with van der Waals surface area (Å²) in [5.41, 5.74) is 2.07. The summed E-state index contributed by atoms with van der Waals surface area (Å²) >= 11 is 0. The van der Waals surface area contributed by atoms with Crippen LogP contribution in [0.3, 0.4) is 0 Å². The molecule has 2 aromatic carbocycles. The lowest BCUT2D eigenvalue weighted by Crippen LogP contribution is -2.50. The van der Waals surface area contributed by atoms with Crippen LogP contribution in [0.5, 0.6) is 11.5 Å². The molecule has 0 aromatic heterocycles. The van der Waals surface area contributed by atoms with Gasteiger partial charge < -0.3 is 19.7 Å². The van der Waals surface area contributed by atoms with Crippen LogP contribution in [-0.2, 0) is 16.1 Å². The minimum absolute atomic E-state index is 0.159. The number of hydrogen-bond acceptors (Lipinski definition) is 4. The van der Waals surface area contributed by atoms with Gasteiger partial charge >= 0.3 is 0 Å². The first-order chi connectivity index (χ1) is 14.0. The van der Waals surface area contributed by atoms with Crippen molar-refractivity contribution in [3.63, 3.8) is 0 Å². The highest BCUT2D eigenvalue weighted by Crippen LogP contribution is 2.26. The maximum atomic E-state index is 13.1. The van der Waals surface area contributed by atoms with Gasteiger partial charge in [-0.05, 0) is 38.0 Å². The van der Waals surface area contributed by atoms with Gasteiger partial charge in [0, 0.05) is 13.1 Å². The summed E-state index contributed by atoms with van der Waals surface area (Å²) in [7, 11) is 1.55. The first kappa shape index (κ1) is 22.3. The Labute approximate surface area is 172 Å². The molecule has 0 bridgehead atoms. The fraction of sp³-hybridized carbons (Fsp3) is 0.391. The Hall–Kier alpha value is -3.02. The van der Waals surface area contributed by atoms with Crippen molar-refractivity contribution in [1.82, 2.24) is 10.2 Å². The average Bonchev–Trinajstić information content (AvgIpc) is 2.72. The number of carbonyl (C=O) groups is 2. The predicted octanol–water partition coefficient (Wildman–Crippen LogP) is 3.33. The number of para-hydroxylation sites is 2. The molecule has 0 unspecified atom stereocenters. The van der Waals surface area contributed by atoms with Crippen LogP contribution in [0, 0.1) is 6.92 Å². The molecule has 0 aliphatic heterocycles. The van der Waals surface area contributed by atoms with Crippen molar-refractivity contribution in [3.8, 4) is 11.5 Å². The Kier molecular flexibility index (Phi) is 8.52. The van der Waals surface area contributed by atoms with E-state index in [0.717, 1.165) is 11.1 Å². The van der Waals surface area contributed by atoms with Crippen LogP contribution in [0.1, 0.15) is 31.4 Å². The van der Waals surface area contributed by atoms with Crippen LogP contribution in [0.4, 0.5) is 0 Å². The van der Waals surface area contributed by atoms with Crippen molar-refractivity contribution >= 4 is 11.8 Å². The number of rotatable bonds is 10. The summed E-state index contributed by atoms with van der Waals surface area (Å²) in [5.74, 6) is 0.634. The molecule has 6 heteroatoms. The average molecular weight is 399 g/mol. The molecule has 0 fully saturated rings. The van der Waals surface area contributed by atoms with E-state index in [1.54, 1.807) is 24.1 Å². The lowest BCUT2D eigenvalue weighted by atomic mass is 10.1. The largest absolute Gasteiger partial charge is 0.493 e. The summed E-state index contributed by atoms with van der Waals surface area (Å²) in [5, 5.41) is 2.83. The highest BCUT2D eigenvalue weighted by Gasteiger charge is 2.28. The zero-order chi connectivity index (χ0) is 21.2. The monoisotopic (exact) mass is 398 g/mol. The van der Waals surface area contributed by atoms with E-state index in [2.05, 4.69) is 5.32 Å². The Morgan fingerprint density at radius 3 is 2.41 bits per heavy atom. The van der Waals surface area contributed by atoms with E-state index >= 15 is 0 Å². The van der Waals surface area contributed by atoms with Gasteiger partial charge in [-0.3, -0.25) is 9.59 Å². The Morgan fingerprint density at radius 2 is 1.79 bits per heavy atom. The smallest absolute Gasteiger partial charge is 0.261 e. The highest BCUT2D eigenvalue weighted by atomic mass is 16.5. The number of carbonyl (C=O) groups excluding carboxylic acids is 2. The lowest BCUT2D eigenvalue weighted by molar-refractivity contribution is -0.142. The molecule has 0 saturated heterocycles. The van der Waals surface area contributed by atoms with Gasteiger partial charge in [-0.1, -0.05) is 48.9 Å². The number of likely N-dealkylation sites (N-methyl/N-ethyl adjacent to an activating group) is 1. The van der Waals surface area contributed by atoms with Gasteiger partial charge in [0.25, 0.3) is 5.91 Å². The topological polar surface area (TPSA) is 67.9 Å². The molecule has 2 amide bonds. The summed E-state index contributed by atoms with van der Waals surface area (Å²) in [6.07, 6.45) is 0.512. The van der Waals surface area contributed by atoms with Gasteiger partial charge in [0.15, 0.2) is 18.1 Å². The second-order valence-electron chi connectivity index (χ2n) is 6.77. The second kappa shape index (κ2) is 11.1. The van der Waals surface area contributed by atoms with Gasteiger partial charge in [-0.25, -0.2) is 0 Å². The summed E-state index contributed by atoms with van der Waals surface area (Å²) in [4.78, 5) is 27.3. The minimum Gasteiger partial charge on any atom is -0.493 e. The summed E-state index contributed by atoms with van der Waals surface area (Å²) in [6.45, 7) is 6.44. The van der Waals surface area contributed by atoms with Crippen LogP contribution >= 0.6 is 0 Å². The van der Waals surface area contributed by atoms with Gasteiger partial charge in [0.2, 0.25) is 5.91 Å². The molecule has 6 nitrogen and oxygen atoms in total. The zero-order valence-corrected chi connectivity index (χ0v) is 17.6. The van der Waals surface area contributed by atoms with E-state index in [0.29, 0.717) is 31.0 Å². The minimum atomic E-state index is -0.566. The summed E-state index contributed by atoms with van der Waals surface area (Å²) in [6, 6.07) is 14.5. The van der Waals surface area contributed by atoms with Crippen molar-refractivity contribution in [2.75, 3.05) is 20.3 Å². The van der Waals surface area contributed by atoms with Gasteiger partial charge in [-0.2, -0.15) is 0 Å². The summed E-state index contributed by atoms with van der Waals surface area (Å²) < 4.78 is 11.0. The van der Waals surface area contributed by atoms with E-state index in [1.807, 2.05) is 57.2 Å². The number of nitrogens with one attached hydrogen (secondary N) is 1. The third-order valence-electron chi connectivity index (χ3n) is 4.59. The molecule has 0 saturated carbocycles.